The maximum atomic E-state index is 12.5. The second-order valence-electron chi connectivity index (χ2n) is 6.07. The molecule has 2 aliphatic heterocycles. The molecule has 1 aromatic heterocycles. The number of hydrogen-bond donors (Lipinski definition) is 1. The highest BCUT2D eigenvalue weighted by molar-refractivity contribution is 6.30. The molecule has 1 amide bonds. The third kappa shape index (κ3) is 2.67. The maximum absolute atomic E-state index is 12.5. The van der Waals surface area contributed by atoms with Gasteiger partial charge in [0.15, 0.2) is 5.82 Å². The molecule has 1 N–H and O–H groups in total. The smallest absolute Gasteiger partial charge is 0.251 e. The monoisotopic (exact) mass is 344 g/mol. The number of benzene rings is 1. The summed E-state index contributed by atoms with van der Waals surface area (Å²) in [6.45, 7) is 3.07. The Kier molecular flexibility index (Phi) is 3.76. The Hall–Kier alpha value is -2.34. The number of nitrogens with one attached hydrogen (secondary N) is 1. The van der Waals surface area contributed by atoms with Gasteiger partial charge in [-0.3, -0.25) is 4.79 Å². The average Bonchev–Trinajstić information content (AvgIpc) is 3.17. The lowest BCUT2D eigenvalue weighted by Crippen LogP contribution is -2.32. The Labute approximate surface area is 144 Å². The van der Waals surface area contributed by atoms with E-state index in [1.807, 2.05) is 19.1 Å². The Bertz CT molecular complexity index is 843. The molecule has 2 aromatic rings. The molecule has 6 nitrogen and oxygen atoms in total. The fraction of sp³-hybridized carbons (Fsp3) is 0.353. The number of carbonyl (C=O) groups is 1. The molecule has 0 bridgehead atoms. The predicted octanol–water partition coefficient (Wildman–Crippen LogP) is 2.53. The van der Waals surface area contributed by atoms with E-state index in [9.17, 15) is 4.79 Å². The molecule has 0 fully saturated rings. The standard InChI is InChI=1S/C17H17ClN4O2/c1-10(16-21-20-15-3-2-6-22(15)16)19-17(23)12-7-11-8-13(18)4-5-14(11)24-9-12/h4-5,7-8,10H,2-3,6,9H2,1H3,(H,19,23). The number of halogens is 1. The zero-order chi connectivity index (χ0) is 16.7. The van der Waals surface area contributed by atoms with Gasteiger partial charge in [-0.25, -0.2) is 0 Å². The number of amides is 1. The molecule has 124 valence electrons. The van der Waals surface area contributed by atoms with Crippen LogP contribution in [0.3, 0.4) is 0 Å². The first kappa shape index (κ1) is 15.2. The Morgan fingerprint density at radius 3 is 3.17 bits per heavy atom. The molecule has 2 aliphatic rings. The van der Waals surface area contributed by atoms with Crippen LogP contribution in [-0.4, -0.2) is 27.3 Å². The Morgan fingerprint density at radius 1 is 1.42 bits per heavy atom. The third-order valence-electron chi connectivity index (χ3n) is 4.35. The lowest BCUT2D eigenvalue weighted by Gasteiger charge is -2.20. The largest absolute Gasteiger partial charge is 0.488 e. The fourth-order valence-electron chi connectivity index (χ4n) is 3.13. The summed E-state index contributed by atoms with van der Waals surface area (Å²) in [4.78, 5) is 12.5. The molecule has 0 spiro atoms. The van der Waals surface area contributed by atoms with E-state index in [0.29, 0.717) is 10.6 Å². The van der Waals surface area contributed by atoms with Crippen LogP contribution in [-0.2, 0) is 17.8 Å². The van der Waals surface area contributed by atoms with E-state index in [1.165, 1.54) is 0 Å². The van der Waals surface area contributed by atoms with E-state index in [2.05, 4.69) is 20.1 Å². The molecule has 3 heterocycles. The molecule has 0 saturated carbocycles. The summed E-state index contributed by atoms with van der Waals surface area (Å²) >= 11 is 6.01. The van der Waals surface area contributed by atoms with Crippen LogP contribution in [0.4, 0.5) is 0 Å². The molecule has 1 aromatic carbocycles. The van der Waals surface area contributed by atoms with Crippen molar-refractivity contribution in [3.05, 3.63) is 46.0 Å². The van der Waals surface area contributed by atoms with Crippen molar-refractivity contribution in [2.24, 2.45) is 0 Å². The lowest BCUT2D eigenvalue weighted by atomic mass is 10.1. The van der Waals surface area contributed by atoms with Gasteiger partial charge in [0.05, 0.1) is 11.6 Å². The second kappa shape index (κ2) is 5.94. The van der Waals surface area contributed by atoms with Crippen molar-refractivity contribution in [3.63, 3.8) is 0 Å². The van der Waals surface area contributed by atoms with Crippen LogP contribution in [0.25, 0.3) is 6.08 Å². The summed E-state index contributed by atoms with van der Waals surface area (Å²) in [5.74, 6) is 2.37. The van der Waals surface area contributed by atoms with Crippen molar-refractivity contribution in [2.45, 2.75) is 32.4 Å². The highest BCUT2D eigenvalue weighted by Gasteiger charge is 2.24. The minimum atomic E-state index is -0.210. The number of aryl methyl sites for hydroxylation is 1. The van der Waals surface area contributed by atoms with Crippen molar-refractivity contribution < 1.29 is 9.53 Å². The molecular weight excluding hydrogens is 328 g/mol. The van der Waals surface area contributed by atoms with Crippen molar-refractivity contribution in [2.75, 3.05) is 6.61 Å². The summed E-state index contributed by atoms with van der Waals surface area (Å²) in [5.41, 5.74) is 1.38. The lowest BCUT2D eigenvalue weighted by molar-refractivity contribution is -0.118. The molecule has 1 unspecified atom stereocenters. The zero-order valence-corrected chi connectivity index (χ0v) is 14.0. The third-order valence-corrected chi connectivity index (χ3v) is 4.58. The summed E-state index contributed by atoms with van der Waals surface area (Å²) in [6, 6.07) is 5.16. The fourth-order valence-corrected chi connectivity index (χ4v) is 3.31. The molecular formula is C17H17ClN4O2. The number of ether oxygens (including phenoxy) is 1. The minimum absolute atomic E-state index is 0.163. The van der Waals surface area contributed by atoms with E-state index in [4.69, 9.17) is 16.3 Å². The van der Waals surface area contributed by atoms with E-state index in [-0.39, 0.29) is 18.6 Å². The van der Waals surface area contributed by atoms with Crippen molar-refractivity contribution in [1.29, 1.82) is 0 Å². The Balaban J connectivity index is 1.52. The molecule has 0 radical (unpaired) electrons. The molecule has 1 atom stereocenters. The SMILES string of the molecule is CC(NC(=O)C1=Cc2cc(Cl)ccc2OC1)c1nnc2n1CCC2. The van der Waals surface area contributed by atoms with Crippen LogP contribution < -0.4 is 10.1 Å². The highest BCUT2D eigenvalue weighted by Crippen LogP contribution is 2.29. The first-order chi connectivity index (χ1) is 11.6. The summed E-state index contributed by atoms with van der Waals surface area (Å²) in [6.07, 6.45) is 3.85. The van der Waals surface area contributed by atoms with Crippen LogP contribution >= 0.6 is 11.6 Å². The van der Waals surface area contributed by atoms with Crippen LogP contribution in [0.2, 0.25) is 5.02 Å². The van der Waals surface area contributed by atoms with Crippen LogP contribution in [0, 0.1) is 0 Å². The van der Waals surface area contributed by atoms with Crippen LogP contribution in [0.15, 0.2) is 23.8 Å². The molecule has 24 heavy (non-hydrogen) atoms. The normalized spacial score (nSPS) is 16.7. The van der Waals surface area contributed by atoms with Gasteiger partial charge < -0.3 is 14.6 Å². The van der Waals surface area contributed by atoms with Gasteiger partial charge in [-0.1, -0.05) is 11.6 Å². The van der Waals surface area contributed by atoms with Crippen LogP contribution in [0.1, 0.15) is 36.6 Å². The number of fused-ring (bicyclic) bond motifs is 2. The first-order valence-corrected chi connectivity index (χ1v) is 8.35. The van der Waals surface area contributed by atoms with E-state index in [1.54, 1.807) is 12.1 Å². The second-order valence-corrected chi connectivity index (χ2v) is 6.50. The quantitative estimate of drug-likeness (QED) is 0.929. The minimum Gasteiger partial charge on any atom is -0.488 e. The summed E-state index contributed by atoms with van der Waals surface area (Å²) in [7, 11) is 0. The molecule has 7 heteroatoms. The zero-order valence-electron chi connectivity index (χ0n) is 13.3. The van der Waals surface area contributed by atoms with Gasteiger partial charge in [0.2, 0.25) is 0 Å². The number of nitrogens with zero attached hydrogens (tertiary/aromatic N) is 3. The van der Waals surface area contributed by atoms with Crippen molar-refractivity contribution in [1.82, 2.24) is 20.1 Å². The van der Waals surface area contributed by atoms with E-state index < -0.39 is 0 Å². The van der Waals surface area contributed by atoms with Gasteiger partial charge in [-0.2, -0.15) is 0 Å². The molecule has 0 aliphatic carbocycles. The van der Waals surface area contributed by atoms with Gasteiger partial charge >= 0.3 is 0 Å². The average molecular weight is 345 g/mol. The maximum Gasteiger partial charge on any atom is 0.251 e. The van der Waals surface area contributed by atoms with Gasteiger partial charge in [-0.15, -0.1) is 10.2 Å². The van der Waals surface area contributed by atoms with Crippen molar-refractivity contribution in [3.8, 4) is 5.75 Å². The number of carbonyl (C=O) groups excluding carboxylic acids is 1. The summed E-state index contributed by atoms with van der Waals surface area (Å²) in [5, 5.41) is 12.0. The van der Waals surface area contributed by atoms with Crippen molar-refractivity contribution >= 4 is 23.6 Å². The van der Waals surface area contributed by atoms with E-state index >= 15 is 0 Å². The van der Waals surface area contributed by atoms with Gasteiger partial charge in [0.25, 0.3) is 5.91 Å². The Morgan fingerprint density at radius 2 is 2.29 bits per heavy atom. The number of aromatic nitrogens is 3. The summed E-state index contributed by atoms with van der Waals surface area (Å²) < 4.78 is 7.73. The topological polar surface area (TPSA) is 69.0 Å². The first-order valence-electron chi connectivity index (χ1n) is 7.97. The highest BCUT2D eigenvalue weighted by atomic mass is 35.5. The van der Waals surface area contributed by atoms with Gasteiger partial charge in [0.1, 0.15) is 18.2 Å². The predicted molar refractivity (Wildman–Crippen MR) is 89.8 cm³/mol. The molecule has 0 saturated heterocycles. The van der Waals surface area contributed by atoms with E-state index in [0.717, 1.165) is 42.3 Å². The molecule has 4 rings (SSSR count). The van der Waals surface area contributed by atoms with Gasteiger partial charge in [-0.05, 0) is 37.6 Å². The van der Waals surface area contributed by atoms with Gasteiger partial charge in [0, 0.05) is 23.6 Å². The van der Waals surface area contributed by atoms with Crippen LogP contribution in [0.5, 0.6) is 5.75 Å². The number of rotatable bonds is 3. The number of hydrogen-bond acceptors (Lipinski definition) is 4.